The van der Waals surface area contributed by atoms with E-state index in [1.165, 1.54) is 19.3 Å². The average Bonchev–Trinajstić information content (AvgIpc) is 3.17. The molecule has 1 amide bonds. The SMILES string of the molecule is Cc1ccc(NC(=O)n2nc(N)nc2Nc2ccc(OCCN3CCCCC3)cc2)cc1. The number of carbonyl (C=O) groups is 1. The van der Waals surface area contributed by atoms with Gasteiger partial charge in [-0.2, -0.15) is 4.98 Å². The molecule has 1 saturated heterocycles. The molecule has 1 aliphatic rings. The Balaban J connectivity index is 1.34. The number of hydrogen-bond donors (Lipinski definition) is 3. The van der Waals surface area contributed by atoms with Crippen LogP contribution >= 0.6 is 0 Å². The minimum Gasteiger partial charge on any atom is -0.492 e. The highest BCUT2D eigenvalue weighted by atomic mass is 16.5. The number of rotatable bonds is 7. The maximum absolute atomic E-state index is 12.7. The first-order valence-electron chi connectivity index (χ1n) is 10.9. The molecule has 0 atom stereocenters. The van der Waals surface area contributed by atoms with E-state index in [2.05, 4.69) is 25.6 Å². The van der Waals surface area contributed by atoms with Crippen molar-refractivity contribution >= 4 is 29.3 Å². The number of hydrogen-bond acceptors (Lipinski definition) is 7. The Kier molecular flexibility index (Phi) is 6.86. The van der Waals surface area contributed by atoms with Crippen molar-refractivity contribution in [1.82, 2.24) is 19.7 Å². The van der Waals surface area contributed by atoms with Crippen LogP contribution in [0.15, 0.2) is 48.5 Å². The molecule has 4 N–H and O–H groups in total. The number of piperidine rings is 1. The van der Waals surface area contributed by atoms with Crippen molar-refractivity contribution in [3.63, 3.8) is 0 Å². The number of aryl methyl sites for hydroxylation is 1. The molecular weight excluding hydrogens is 406 g/mol. The van der Waals surface area contributed by atoms with Crippen molar-refractivity contribution in [2.45, 2.75) is 26.2 Å². The summed E-state index contributed by atoms with van der Waals surface area (Å²) in [7, 11) is 0. The van der Waals surface area contributed by atoms with Crippen molar-refractivity contribution < 1.29 is 9.53 Å². The Bertz CT molecular complexity index is 1030. The summed E-state index contributed by atoms with van der Waals surface area (Å²) in [5.41, 5.74) is 8.24. The maximum Gasteiger partial charge on any atom is 0.349 e. The van der Waals surface area contributed by atoms with E-state index in [0.717, 1.165) is 41.3 Å². The van der Waals surface area contributed by atoms with Crippen molar-refractivity contribution in [2.24, 2.45) is 0 Å². The Hall–Kier alpha value is -3.59. The second-order valence-electron chi connectivity index (χ2n) is 7.90. The molecule has 168 valence electrons. The molecule has 9 heteroatoms. The Morgan fingerprint density at radius 3 is 2.44 bits per heavy atom. The molecule has 2 heterocycles. The lowest BCUT2D eigenvalue weighted by Gasteiger charge is -2.26. The van der Waals surface area contributed by atoms with Gasteiger partial charge in [-0.15, -0.1) is 9.78 Å². The highest BCUT2D eigenvalue weighted by Gasteiger charge is 2.16. The summed E-state index contributed by atoms with van der Waals surface area (Å²) < 4.78 is 6.98. The highest BCUT2D eigenvalue weighted by Crippen LogP contribution is 2.20. The van der Waals surface area contributed by atoms with Gasteiger partial charge in [0.2, 0.25) is 11.9 Å². The van der Waals surface area contributed by atoms with E-state index in [1.807, 2.05) is 55.5 Å². The van der Waals surface area contributed by atoms with E-state index in [-0.39, 0.29) is 11.9 Å². The Morgan fingerprint density at radius 2 is 1.72 bits per heavy atom. The molecule has 1 fully saturated rings. The van der Waals surface area contributed by atoms with Crippen LogP contribution in [0.25, 0.3) is 0 Å². The molecule has 3 aromatic rings. The minimum absolute atomic E-state index is 0.00391. The summed E-state index contributed by atoms with van der Waals surface area (Å²) in [4.78, 5) is 19.2. The first-order valence-corrected chi connectivity index (χ1v) is 10.9. The van der Waals surface area contributed by atoms with Gasteiger partial charge in [0.25, 0.3) is 0 Å². The number of likely N-dealkylation sites (tertiary alicyclic amines) is 1. The van der Waals surface area contributed by atoms with Crippen LogP contribution in [0.4, 0.5) is 28.1 Å². The van der Waals surface area contributed by atoms with Crippen molar-refractivity contribution in [2.75, 3.05) is 42.6 Å². The van der Waals surface area contributed by atoms with Crippen LogP contribution in [0.3, 0.4) is 0 Å². The van der Waals surface area contributed by atoms with Crippen LogP contribution in [0.2, 0.25) is 0 Å². The van der Waals surface area contributed by atoms with E-state index in [0.29, 0.717) is 12.3 Å². The fourth-order valence-electron chi connectivity index (χ4n) is 3.60. The standard InChI is InChI=1S/C23H29N7O2/c1-17-5-7-19(8-6-17)26-23(31)30-22(27-21(24)28-30)25-18-9-11-20(12-10-18)32-16-15-29-13-3-2-4-14-29/h5-12H,2-4,13-16H2,1H3,(H,26,31)(H3,24,25,27,28). The second-order valence-corrected chi connectivity index (χ2v) is 7.90. The number of ether oxygens (including phenoxy) is 1. The number of anilines is 4. The lowest BCUT2D eigenvalue weighted by molar-refractivity contribution is 0.183. The van der Waals surface area contributed by atoms with Crippen LogP contribution in [-0.2, 0) is 0 Å². The summed E-state index contributed by atoms with van der Waals surface area (Å²) in [6.45, 7) is 5.91. The van der Waals surface area contributed by atoms with Gasteiger partial charge in [0.1, 0.15) is 12.4 Å². The molecule has 32 heavy (non-hydrogen) atoms. The molecule has 0 saturated carbocycles. The van der Waals surface area contributed by atoms with Gasteiger partial charge in [-0.1, -0.05) is 24.1 Å². The van der Waals surface area contributed by atoms with Gasteiger partial charge >= 0.3 is 6.03 Å². The molecule has 0 bridgehead atoms. The largest absolute Gasteiger partial charge is 0.492 e. The highest BCUT2D eigenvalue weighted by molar-refractivity contribution is 5.92. The third-order valence-corrected chi connectivity index (χ3v) is 5.35. The zero-order valence-corrected chi connectivity index (χ0v) is 18.3. The molecule has 0 unspecified atom stereocenters. The maximum atomic E-state index is 12.7. The van der Waals surface area contributed by atoms with Crippen molar-refractivity contribution in [3.8, 4) is 5.75 Å². The molecule has 0 aliphatic carbocycles. The van der Waals surface area contributed by atoms with Crippen molar-refractivity contribution in [3.05, 3.63) is 54.1 Å². The quantitative estimate of drug-likeness (QED) is 0.517. The van der Waals surface area contributed by atoms with Crippen molar-refractivity contribution in [1.29, 1.82) is 0 Å². The molecule has 1 aliphatic heterocycles. The van der Waals surface area contributed by atoms with Crippen LogP contribution in [0.1, 0.15) is 24.8 Å². The topological polar surface area (TPSA) is 110 Å². The zero-order chi connectivity index (χ0) is 22.3. The minimum atomic E-state index is -0.460. The number of amides is 1. The summed E-state index contributed by atoms with van der Waals surface area (Å²) in [6, 6.07) is 14.5. The van der Waals surface area contributed by atoms with Gasteiger partial charge in [-0.25, -0.2) is 4.79 Å². The predicted octanol–water partition coefficient (Wildman–Crippen LogP) is 3.86. The van der Waals surface area contributed by atoms with E-state index >= 15 is 0 Å². The fraction of sp³-hybridized carbons (Fsp3) is 0.348. The number of nitrogens with zero attached hydrogens (tertiary/aromatic N) is 4. The van der Waals surface area contributed by atoms with E-state index < -0.39 is 6.03 Å². The predicted molar refractivity (Wildman–Crippen MR) is 126 cm³/mol. The van der Waals surface area contributed by atoms with Gasteiger partial charge in [-0.3, -0.25) is 4.90 Å². The number of nitrogen functional groups attached to an aromatic ring is 1. The average molecular weight is 436 g/mol. The van der Waals surface area contributed by atoms with Gasteiger partial charge in [0.05, 0.1) is 0 Å². The van der Waals surface area contributed by atoms with Crippen LogP contribution < -0.4 is 21.1 Å². The Morgan fingerprint density at radius 1 is 1.03 bits per heavy atom. The molecule has 0 radical (unpaired) electrons. The molecule has 0 spiro atoms. The number of nitrogens with two attached hydrogens (primary N) is 1. The number of aromatic nitrogens is 3. The smallest absolute Gasteiger partial charge is 0.349 e. The second kappa shape index (κ2) is 10.1. The zero-order valence-electron chi connectivity index (χ0n) is 18.3. The van der Waals surface area contributed by atoms with Crippen LogP contribution in [0, 0.1) is 6.92 Å². The van der Waals surface area contributed by atoms with Gasteiger partial charge in [0.15, 0.2) is 0 Å². The Labute approximate surface area is 187 Å². The third-order valence-electron chi connectivity index (χ3n) is 5.35. The molecule has 1 aromatic heterocycles. The molecule has 9 nitrogen and oxygen atoms in total. The third kappa shape index (κ3) is 5.76. The van der Waals surface area contributed by atoms with Crippen LogP contribution in [0.5, 0.6) is 5.75 Å². The lowest BCUT2D eigenvalue weighted by Crippen LogP contribution is -2.33. The van der Waals surface area contributed by atoms with Gasteiger partial charge < -0.3 is 21.1 Å². The lowest BCUT2D eigenvalue weighted by atomic mass is 10.1. The molecular formula is C23H29N7O2. The normalized spacial score (nSPS) is 14.2. The van der Waals surface area contributed by atoms with E-state index in [9.17, 15) is 4.79 Å². The number of benzene rings is 2. The van der Waals surface area contributed by atoms with E-state index in [4.69, 9.17) is 10.5 Å². The fourth-order valence-corrected chi connectivity index (χ4v) is 3.60. The number of carbonyl (C=O) groups excluding carboxylic acids is 1. The number of nitrogens with one attached hydrogen (secondary N) is 2. The summed E-state index contributed by atoms with van der Waals surface area (Å²) in [5.74, 6) is 1.03. The summed E-state index contributed by atoms with van der Waals surface area (Å²) >= 11 is 0. The monoisotopic (exact) mass is 435 g/mol. The molecule has 4 rings (SSSR count). The first-order chi connectivity index (χ1) is 15.6. The van der Waals surface area contributed by atoms with Gasteiger partial charge in [-0.05, 0) is 69.3 Å². The summed E-state index contributed by atoms with van der Waals surface area (Å²) in [5, 5.41) is 9.88. The van der Waals surface area contributed by atoms with Crippen LogP contribution in [-0.4, -0.2) is 51.9 Å². The van der Waals surface area contributed by atoms with E-state index in [1.54, 1.807) is 0 Å². The van der Waals surface area contributed by atoms with Gasteiger partial charge in [0, 0.05) is 17.9 Å². The molecule has 2 aromatic carbocycles. The summed E-state index contributed by atoms with van der Waals surface area (Å²) in [6.07, 6.45) is 3.88. The first kappa shape index (κ1) is 21.6.